The van der Waals surface area contributed by atoms with Crippen molar-refractivity contribution >= 4 is 33.8 Å². The molecule has 2 nitrogen and oxygen atoms in total. The molecule has 0 fully saturated rings. The molecule has 0 atom stereocenters. The standard InChI is InChI=1S/C17H16NOPS/c1-13-7-3-5-9-15(13)20(19,17-18-11-12-21-17)16-10-6-4-8-14(16)2/h3-12H,1-2H3. The summed E-state index contributed by atoms with van der Waals surface area (Å²) in [6, 6.07) is 15.8. The molecule has 4 heteroatoms. The van der Waals surface area contributed by atoms with E-state index in [4.69, 9.17) is 0 Å². The highest BCUT2D eigenvalue weighted by molar-refractivity contribution is 7.88. The zero-order valence-corrected chi connectivity index (χ0v) is 13.7. The maximum atomic E-state index is 14.1. The van der Waals surface area contributed by atoms with Crippen molar-refractivity contribution in [3.63, 3.8) is 0 Å². The highest BCUT2D eigenvalue weighted by Crippen LogP contribution is 2.44. The van der Waals surface area contributed by atoms with Crippen molar-refractivity contribution in [1.29, 1.82) is 0 Å². The van der Waals surface area contributed by atoms with E-state index >= 15 is 0 Å². The molecular weight excluding hydrogens is 297 g/mol. The maximum absolute atomic E-state index is 14.1. The first kappa shape index (κ1) is 14.2. The minimum absolute atomic E-state index is 0.700. The molecule has 0 unspecified atom stereocenters. The Morgan fingerprint density at radius 2 is 1.43 bits per heavy atom. The van der Waals surface area contributed by atoms with Crippen LogP contribution in [0, 0.1) is 13.8 Å². The summed E-state index contributed by atoms with van der Waals surface area (Å²) in [6.07, 6.45) is 1.73. The molecule has 3 aromatic rings. The molecule has 0 N–H and O–H groups in total. The van der Waals surface area contributed by atoms with Gasteiger partial charge in [0.05, 0.1) is 0 Å². The topological polar surface area (TPSA) is 30.0 Å². The third-order valence-corrected chi connectivity index (χ3v) is 8.27. The smallest absolute Gasteiger partial charge is 0.198 e. The van der Waals surface area contributed by atoms with E-state index in [0.29, 0.717) is 4.75 Å². The zero-order chi connectivity index (χ0) is 14.9. The van der Waals surface area contributed by atoms with E-state index in [9.17, 15) is 4.57 Å². The molecule has 106 valence electrons. The van der Waals surface area contributed by atoms with Crippen LogP contribution in [0.15, 0.2) is 60.1 Å². The van der Waals surface area contributed by atoms with Crippen LogP contribution in [0.5, 0.6) is 0 Å². The van der Waals surface area contributed by atoms with Crippen LogP contribution in [0.4, 0.5) is 0 Å². The molecule has 1 aromatic heterocycles. The predicted octanol–water partition coefficient (Wildman–Crippen LogP) is 3.40. The van der Waals surface area contributed by atoms with Crippen molar-refractivity contribution < 1.29 is 4.57 Å². The van der Waals surface area contributed by atoms with E-state index in [-0.39, 0.29) is 0 Å². The van der Waals surface area contributed by atoms with Gasteiger partial charge in [-0.2, -0.15) is 0 Å². The van der Waals surface area contributed by atoms with Gasteiger partial charge in [0.2, 0.25) is 0 Å². The molecule has 0 saturated carbocycles. The van der Waals surface area contributed by atoms with Crippen molar-refractivity contribution in [3.05, 3.63) is 71.2 Å². The normalized spacial score (nSPS) is 11.5. The Morgan fingerprint density at radius 3 is 1.86 bits per heavy atom. The molecule has 0 spiro atoms. The quantitative estimate of drug-likeness (QED) is 0.694. The van der Waals surface area contributed by atoms with Crippen LogP contribution in [0.2, 0.25) is 0 Å². The lowest BCUT2D eigenvalue weighted by atomic mass is 10.2. The maximum Gasteiger partial charge on any atom is 0.198 e. The van der Waals surface area contributed by atoms with Crippen LogP contribution < -0.4 is 15.4 Å². The molecule has 0 aliphatic rings. The molecule has 1 heterocycles. The molecule has 21 heavy (non-hydrogen) atoms. The third-order valence-electron chi connectivity index (χ3n) is 3.60. The lowest BCUT2D eigenvalue weighted by Gasteiger charge is -2.20. The first-order valence-electron chi connectivity index (χ1n) is 6.76. The molecule has 0 radical (unpaired) electrons. The molecular formula is C17H16NOPS. The lowest BCUT2D eigenvalue weighted by molar-refractivity contribution is 0.592. The average molecular weight is 313 g/mol. The number of rotatable bonds is 3. The first-order chi connectivity index (χ1) is 10.1. The van der Waals surface area contributed by atoms with Crippen LogP contribution in [0.3, 0.4) is 0 Å². The Bertz CT molecular complexity index is 762. The largest absolute Gasteiger partial charge is 0.306 e. The first-order valence-corrected chi connectivity index (χ1v) is 9.35. The van der Waals surface area contributed by atoms with Crippen LogP contribution in [-0.2, 0) is 4.57 Å². The number of thiazole rings is 1. The highest BCUT2D eigenvalue weighted by atomic mass is 32.1. The van der Waals surface area contributed by atoms with Crippen LogP contribution in [-0.4, -0.2) is 4.98 Å². The van der Waals surface area contributed by atoms with E-state index in [1.807, 2.05) is 67.8 Å². The summed E-state index contributed by atoms with van der Waals surface area (Å²) in [6.45, 7) is 4.02. The van der Waals surface area contributed by atoms with Gasteiger partial charge in [-0.05, 0) is 25.0 Å². The Kier molecular flexibility index (Phi) is 3.79. The number of aromatic nitrogens is 1. The number of nitrogens with zero attached hydrogens (tertiary/aromatic N) is 1. The van der Waals surface area contributed by atoms with Gasteiger partial charge in [0.1, 0.15) is 0 Å². The Hall–Kier alpha value is -1.70. The molecule has 0 amide bonds. The number of hydrogen-bond donors (Lipinski definition) is 0. The fourth-order valence-electron chi connectivity index (χ4n) is 2.54. The van der Waals surface area contributed by atoms with Gasteiger partial charge in [-0.25, -0.2) is 4.98 Å². The van der Waals surface area contributed by atoms with Gasteiger partial charge in [-0.1, -0.05) is 48.5 Å². The van der Waals surface area contributed by atoms with Crippen LogP contribution >= 0.6 is 18.5 Å². The molecule has 0 aliphatic heterocycles. The summed E-state index contributed by atoms with van der Waals surface area (Å²) >= 11 is 1.46. The summed E-state index contributed by atoms with van der Waals surface area (Å²) in [7, 11) is -2.90. The van der Waals surface area contributed by atoms with E-state index < -0.39 is 7.14 Å². The lowest BCUT2D eigenvalue weighted by Crippen LogP contribution is -2.27. The van der Waals surface area contributed by atoms with Crippen molar-refractivity contribution in [2.75, 3.05) is 0 Å². The van der Waals surface area contributed by atoms with E-state index in [0.717, 1.165) is 21.7 Å². The molecule has 2 aromatic carbocycles. The van der Waals surface area contributed by atoms with E-state index in [1.165, 1.54) is 11.3 Å². The predicted molar refractivity (Wildman–Crippen MR) is 91.0 cm³/mol. The van der Waals surface area contributed by atoms with Gasteiger partial charge >= 0.3 is 0 Å². The Morgan fingerprint density at radius 1 is 0.905 bits per heavy atom. The minimum atomic E-state index is -2.90. The summed E-state index contributed by atoms with van der Waals surface area (Å²) in [4.78, 5) is 4.38. The molecule has 0 saturated heterocycles. The number of aryl methyl sites for hydroxylation is 2. The summed E-state index contributed by atoms with van der Waals surface area (Å²) < 4.78 is 14.8. The van der Waals surface area contributed by atoms with Crippen molar-refractivity contribution in [1.82, 2.24) is 4.98 Å². The Balaban J connectivity index is 2.35. The van der Waals surface area contributed by atoms with Crippen LogP contribution in [0.1, 0.15) is 11.1 Å². The third kappa shape index (κ3) is 2.37. The van der Waals surface area contributed by atoms with Gasteiger partial charge in [0, 0.05) is 22.2 Å². The second kappa shape index (κ2) is 5.59. The SMILES string of the molecule is Cc1ccccc1P(=O)(c1nccs1)c1ccccc1C. The second-order valence-electron chi connectivity index (χ2n) is 5.00. The second-order valence-corrected chi connectivity index (χ2v) is 8.80. The van der Waals surface area contributed by atoms with Gasteiger partial charge in [-0.3, -0.25) is 0 Å². The van der Waals surface area contributed by atoms with Crippen LogP contribution in [0.25, 0.3) is 0 Å². The van der Waals surface area contributed by atoms with E-state index in [1.54, 1.807) is 6.20 Å². The highest BCUT2D eigenvalue weighted by Gasteiger charge is 2.34. The average Bonchev–Trinajstić information content (AvgIpc) is 3.02. The van der Waals surface area contributed by atoms with Crippen molar-refractivity contribution in [2.24, 2.45) is 0 Å². The molecule has 0 bridgehead atoms. The number of hydrogen-bond acceptors (Lipinski definition) is 3. The minimum Gasteiger partial charge on any atom is -0.306 e. The monoisotopic (exact) mass is 313 g/mol. The summed E-state index contributed by atoms with van der Waals surface area (Å²) in [5, 5.41) is 3.65. The van der Waals surface area contributed by atoms with Gasteiger partial charge in [-0.15, -0.1) is 11.3 Å². The summed E-state index contributed by atoms with van der Waals surface area (Å²) in [5.74, 6) is 0. The fourth-order valence-corrected chi connectivity index (χ4v) is 6.91. The number of benzene rings is 2. The molecule has 3 rings (SSSR count). The van der Waals surface area contributed by atoms with Gasteiger partial charge < -0.3 is 4.57 Å². The summed E-state index contributed by atoms with van der Waals surface area (Å²) in [5.41, 5.74) is 2.08. The fraction of sp³-hybridized carbons (Fsp3) is 0.118. The van der Waals surface area contributed by atoms with Crippen molar-refractivity contribution in [3.8, 4) is 0 Å². The zero-order valence-electron chi connectivity index (χ0n) is 12.0. The Labute approximate surface area is 128 Å². The van der Waals surface area contributed by atoms with Crippen molar-refractivity contribution in [2.45, 2.75) is 13.8 Å². The van der Waals surface area contributed by atoms with Gasteiger partial charge in [0.25, 0.3) is 0 Å². The van der Waals surface area contributed by atoms with E-state index in [2.05, 4.69) is 4.98 Å². The van der Waals surface area contributed by atoms with Gasteiger partial charge in [0.15, 0.2) is 11.9 Å². The molecule has 0 aliphatic carbocycles.